The normalized spacial score (nSPS) is 24.8. The van der Waals surface area contributed by atoms with E-state index in [0.29, 0.717) is 0 Å². The Morgan fingerprint density at radius 3 is 1.39 bits per heavy atom. The van der Waals surface area contributed by atoms with Crippen LogP contribution in [0.25, 0.3) is 0 Å². The summed E-state index contributed by atoms with van der Waals surface area (Å²) in [5.74, 6) is 8.57. The van der Waals surface area contributed by atoms with Gasteiger partial charge in [0.1, 0.15) is 0 Å². The number of piperidine rings is 2. The Hall–Kier alpha value is -0.520. The summed E-state index contributed by atoms with van der Waals surface area (Å²) in [6, 6.07) is 0. The minimum atomic E-state index is 0.921. The summed E-state index contributed by atoms with van der Waals surface area (Å²) < 4.78 is 0. The van der Waals surface area contributed by atoms with Crippen LogP contribution in [0.15, 0.2) is 0 Å². The Morgan fingerprint density at radius 1 is 0.722 bits per heavy atom. The van der Waals surface area contributed by atoms with Gasteiger partial charge in [-0.25, -0.2) is 0 Å². The van der Waals surface area contributed by atoms with Crippen molar-refractivity contribution in [2.45, 2.75) is 39.5 Å². The van der Waals surface area contributed by atoms with Crippen LogP contribution in [0.2, 0.25) is 0 Å². The molecule has 2 heterocycles. The molecule has 0 bridgehead atoms. The van der Waals surface area contributed by atoms with E-state index < -0.39 is 0 Å². The summed E-state index contributed by atoms with van der Waals surface area (Å²) in [5, 5.41) is 0. The van der Waals surface area contributed by atoms with Crippen LogP contribution in [0, 0.1) is 23.7 Å². The van der Waals surface area contributed by atoms with Crippen LogP contribution in [-0.4, -0.2) is 49.1 Å². The molecule has 0 spiro atoms. The van der Waals surface area contributed by atoms with E-state index in [-0.39, 0.29) is 0 Å². The Morgan fingerprint density at radius 2 is 1.06 bits per heavy atom. The SMILES string of the molecule is CC1CCN(CC#CCN2CCC(C)CC2)CC1. The van der Waals surface area contributed by atoms with Crippen molar-refractivity contribution in [1.82, 2.24) is 9.80 Å². The monoisotopic (exact) mass is 248 g/mol. The fourth-order valence-electron chi connectivity index (χ4n) is 2.78. The number of hydrogen-bond acceptors (Lipinski definition) is 2. The van der Waals surface area contributed by atoms with Gasteiger partial charge in [-0.3, -0.25) is 9.80 Å². The van der Waals surface area contributed by atoms with E-state index in [1.165, 1.54) is 51.9 Å². The second-order valence-electron chi connectivity index (χ2n) is 6.27. The van der Waals surface area contributed by atoms with E-state index in [2.05, 4.69) is 35.5 Å². The minimum absolute atomic E-state index is 0.921. The van der Waals surface area contributed by atoms with Crippen molar-refractivity contribution >= 4 is 0 Å². The molecule has 0 amide bonds. The molecule has 2 aliphatic rings. The largest absolute Gasteiger partial charge is 0.292 e. The Labute approximate surface area is 113 Å². The summed E-state index contributed by atoms with van der Waals surface area (Å²) in [6.45, 7) is 11.7. The molecule has 0 aromatic rings. The lowest BCUT2D eigenvalue weighted by molar-refractivity contribution is 0.210. The predicted octanol–water partition coefficient (Wildman–Crippen LogP) is 2.45. The van der Waals surface area contributed by atoms with E-state index in [9.17, 15) is 0 Å². The van der Waals surface area contributed by atoms with Crippen molar-refractivity contribution in [3.05, 3.63) is 0 Å². The van der Waals surface area contributed by atoms with Gasteiger partial charge in [0.15, 0.2) is 0 Å². The molecule has 0 atom stereocenters. The average molecular weight is 248 g/mol. The van der Waals surface area contributed by atoms with Gasteiger partial charge in [0, 0.05) is 0 Å². The number of hydrogen-bond donors (Lipinski definition) is 0. The van der Waals surface area contributed by atoms with E-state index >= 15 is 0 Å². The van der Waals surface area contributed by atoms with E-state index in [4.69, 9.17) is 0 Å². The van der Waals surface area contributed by atoms with Gasteiger partial charge in [-0.05, 0) is 63.7 Å². The summed E-state index contributed by atoms with van der Waals surface area (Å²) in [6.07, 6.45) is 5.41. The van der Waals surface area contributed by atoms with Crippen LogP contribution >= 0.6 is 0 Å². The quantitative estimate of drug-likeness (QED) is 0.693. The van der Waals surface area contributed by atoms with Crippen molar-refractivity contribution in [3.8, 4) is 11.8 Å². The zero-order valence-electron chi connectivity index (χ0n) is 12.1. The topological polar surface area (TPSA) is 6.48 Å². The fraction of sp³-hybridized carbons (Fsp3) is 0.875. The van der Waals surface area contributed by atoms with Crippen molar-refractivity contribution in [2.24, 2.45) is 11.8 Å². The first-order valence-electron chi connectivity index (χ1n) is 7.64. The lowest BCUT2D eigenvalue weighted by Gasteiger charge is -2.29. The van der Waals surface area contributed by atoms with E-state index in [1.807, 2.05) is 0 Å². The molecule has 18 heavy (non-hydrogen) atoms. The lowest BCUT2D eigenvalue weighted by atomic mass is 9.99. The zero-order chi connectivity index (χ0) is 12.8. The standard InChI is InChI=1S/C16H28N2/c1-15-5-11-17(12-6-15)9-3-4-10-18-13-7-16(2)8-14-18/h15-16H,5-14H2,1-2H3. The molecule has 0 aromatic heterocycles. The van der Waals surface area contributed by atoms with Gasteiger partial charge in [-0.15, -0.1) is 0 Å². The van der Waals surface area contributed by atoms with E-state index in [1.54, 1.807) is 0 Å². The van der Waals surface area contributed by atoms with Crippen LogP contribution < -0.4 is 0 Å². The van der Waals surface area contributed by atoms with Gasteiger partial charge < -0.3 is 0 Å². The molecule has 0 unspecified atom stereocenters. The molecular formula is C16H28N2. The van der Waals surface area contributed by atoms with Gasteiger partial charge in [0.25, 0.3) is 0 Å². The first-order valence-corrected chi connectivity index (χ1v) is 7.64. The maximum absolute atomic E-state index is 3.36. The van der Waals surface area contributed by atoms with Crippen LogP contribution in [-0.2, 0) is 0 Å². The Bertz CT molecular complexity index is 258. The van der Waals surface area contributed by atoms with Gasteiger partial charge in [-0.2, -0.15) is 0 Å². The molecule has 102 valence electrons. The van der Waals surface area contributed by atoms with Gasteiger partial charge >= 0.3 is 0 Å². The molecule has 2 heteroatoms. The molecule has 0 aromatic carbocycles. The first kappa shape index (κ1) is 13.9. The molecule has 0 saturated carbocycles. The summed E-state index contributed by atoms with van der Waals surface area (Å²) in [7, 11) is 0. The molecule has 0 N–H and O–H groups in total. The third kappa shape index (κ3) is 4.63. The third-order valence-electron chi connectivity index (χ3n) is 4.48. The maximum atomic E-state index is 3.36. The highest BCUT2D eigenvalue weighted by molar-refractivity contribution is 5.04. The number of likely N-dealkylation sites (tertiary alicyclic amines) is 2. The molecule has 2 aliphatic heterocycles. The molecule has 2 nitrogen and oxygen atoms in total. The van der Waals surface area contributed by atoms with Gasteiger partial charge in [0.05, 0.1) is 13.1 Å². The van der Waals surface area contributed by atoms with Crippen LogP contribution in [0.1, 0.15) is 39.5 Å². The van der Waals surface area contributed by atoms with Gasteiger partial charge in [-0.1, -0.05) is 25.7 Å². The third-order valence-corrected chi connectivity index (χ3v) is 4.48. The van der Waals surface area contributed by atoms with Crippen LogP contribution in [0.5, 0.6) is 0 Å². The second kappa shape index (κ2) is 7.16. The predicted molar refractivity (Wildman–Crippen MR) is 77.5 cm³/mol. The lowest BCUT2D eigenvalue weighted by Crippen LogP contribution is -2.34. The highest BCUT2D eigenvalue weighted by Gasteiger charge is 2.15. The highest BCUT2D eigenvalue weighted by atomic mass is 15.1. The highest BCUT2D eigenvalue weighted by Crippen LogP contribution is 2.16. The van der Waals surface area contributed by atoms with Crippen molar-refractivity contribution in [2.75, 3.05) is 39.3 Å². The van der Waals surface area contributed by atoms with E-state index in [0.717, 1.165) is 24.9 Å². The summed E-state index contributed by atoms with van der Waals surface area (Å²) in [5.41, 5.74) is 0. The Kier molecular flexibility index (Phi) is 5.53. The van der Waals surface area contributed by atoms with Crippen LogP contribution in [0.4, 0.5) is 0 Å². The number of nitrogens with zero attached hydrogens (tertiary/aromatic N) is 2. The first-order chi connectivity index (χ1) is 8.74. The molecule has 0 radical (unpaired) electrons. The average Bonchev–Trinajstić information content (AvgIpc) is 2.39. The zero-order valence-corrected chi connectivity index (χ0v) is 12.1. The fourth-order valence-corrected chi connectivity index (χ4v) is 2.78. The smallest absolute Gasteiger partial charge is 0.0602 e. The van der Waals surface area contributed by atoms with Crippen molar-refractivity contribution in [3.63, 3.8) is 0 Å². The Balaban J connectivity index is 1.61. The van der Waals surface area contributed by atoms with Crippen LogP contribution in [0.3, 0.4) is 0 Å². The minimum Gasteiger partial charge on any atom is -0.292 e. The summed E-state index contributed by atoms with van der Waals surface area (Å²) in [4.78, 5) is 5.01. The molecule has 2 fully saturated rings. The summed E-state index contributed by atoms with van der Waals surface area (Å²) >= 11 is 0. The molecule has 2 saturated heterocycles. The molecular weight excluding hydrogens is 220 g/mol. The van der Waals surface area contributed by atoms with Gasteiger partial charge in [0.2, 0.25) is 0 Å². The molecule has 2 rings (SSSR count). The van der Waals surface area contributed by atoms with Crippen molar-refractivity contribution < 1.29 is 0 Å². The second-order valence-corrected chi connectivity index (χ2v) is 6.27. The number of rotatable bonds is 2. The van der Waals surface area contributed by atoms with Crippen molar-refractivity contribution in [1.29, 1.82) is 0 Å². The molecule has 0 aliphatic carbocycles. The maximum Gasteiger partial charge on any atom is 0.0602 e.